The highest BCUT2D eigenvalue weighted by molar-refractivity contribution is 6.05. The van der Waals surface area contributed by atoms with Crippen LogP contribution in [0.15, 0.2) is 71.3 Å². The highest BCUT2D eigenvalue weighted by Gasteiger charge is 2.17. The van der Waals surface area contributed by atoms with E-state index in [0.29, 0.717) is 29.7 Å². The van der Waals surface area contributed by atoms with Gasteiger partial charge in [-0.1, -0.05) is 18.2 Å². The van der Waals surface area contributed by atoms with E-state index in [2.05, 4.69) is 20.5 Å². The van der Waals surface area contributed by atoms with Gasteiger partial charge in [-0.25, -0.2) is 4.39 Å². The van der Waals surface area contributed by atoms with E-state index < -0.39 is 5.91 Å². The zero-order valence-corrected chi connectivity index (χ0v) is 16.2. The Labute approximate surface area is 175 Å². The van der Waals surface area contributed by atoms with Gasteiger partial charge in [0.25, 0.3) is 11.9 Å². The molecule has 9 heteroatoms. The fourth-order valence-corrected chi connectivity index (χ4v) is 3.35. The lowest BCUT2D eigenvalue weighted by molar-refractivity contribution is 0.0995. The number of para-hydroxylation sites is 1. The van der Waals surface area contributed by atoms with Crippen molar-refractivity contribution in [3.8, 4) is 5.75 Å². The van der Waals surface area contributed by atoms with Crippen LogP contribution in [0.25, 0.3) is 22.1 Å². The van der Waals surface area contributed by atoms with Gasteiger partial charge in [0.1, 0.15) is 23.7 Å². The molecule has 0 saturated heterocycles. The normalized spacial score (nSPS) is 11.1. The van der Waals surface area contributed by atoms with Crippen LogP contribution in [0.1, 0.15) is 10.6 Å². The monoisotopic (exact) mass is 417 g/mol. The number of aromatic nitrogens is 4. The molecule has 0 radical (unpaired) electrons. The Bertz CT molecular complexity index is 1370. The van der Waals surface area contributed by atoms with E-state index in [4.69, 9.17) is 9.15 Å². The number of amides is 1. The van der Waals surface area contributed by atoms with E-state index in [9.17, 15) is 9.18 Å². The van der Waals surface area contributed by atoms with Gasteiger partial charge < -0.3 is 13.7 Å². The number of rotatable bonds is 6. The van der Waals surface area contributed by atoms with Crippen LogP contribution in [0.2, 0.25) is 0 Å². The van der Waals surface area contributed by atoms with Crippen LogP contribution >= 0.6 is 0 Å². The van der Waals surface area contributed by atoms with Gasteiger partial charge >= 0.3 is 0 Å². The molecule has 5 aromatic rings. The van der Waals surface area contributed by atoms with Crippen molar-refractivity contribution < 1.29 is 18.3 Å². The summed E-state index contributed by atoms with van der Waals surface area (Å²) in [6.45, 7) is 0.795. The Hall–Kier alpha value is -4.27. The number of halogens is 1. The minimum Gasteiger partial charge on any atom is -0.492 e. The van der Waals surface area contributed by atoms with Crippen molar-refractivity contribution in [3.63, 3.8) is 0 Å². The fraction of sp³-hybridized carbons (Fsp3) is 0.0909. The summed E-state index contributed by atoms with van der Waals surface area (Å²) in [5.41, 5.74) is 1.64. The van der Waals surface area contributed by atoms with Crippen LogP contribution in [-0.4, -0.2) is 32.3 Å². The Morgan fingerprint density at radius 1 is 1.10 bits per heavy atom. The first-order valence-corrected chi connectivity index (χ1v) is 9.54. The van der Waals surface area contributed by atoms with E-state index in [1.54, 1.807) is 12.1 Å². The first-order chi connectivity index (χ1) is 15.2. The number of nitrogens with zero attached hydrogens (tertiary/aromatic N) is 4. The number of furan rings is 1. The molecule has 0 aliphatic carbocycles. The number of anilines is 1. The van der Waals surface area contributed by atoms with Gasteiger partial charge in [0.2, 0.25) is 0 Å². The second-order valence-electron chi connectivity index (χ2n) is 6.71. The Morgan fingerprint density at radius 3 is 2.77 bits per heavy atom. The summed E-state index contributed by atoms with van der Waals surface area (Å²) in [6.07, 6.45) is 1.40. The summed E-state index contributed by atoms with van der Waals surface area (Å²) in [5, 5.41) is 11.3. The first-order valence-electron chi connectivity index (χ1n) is 9.54. The predicted molar refractivity (Wildman–Crippen MR) is 111 cm³/mol. The molecule has 0 fully saturated rings. The minimum atomic E-state index is -0.493. The quantitative estimate of drug-likeness (QED) is 0.448. The molecule has 0 atom stereocenters. The summed E-state index contributed by atoms with van der Waals surface area (Å²) in [6, 6.07) is 17.0. The second kappa shape index (κ2) is 7.86. The van der Waals surface area contributed by atoms with Crippen LogP contribution in [-0.2, 0) is 6.54 Å². The average molecular weight is 417 g/mol. The van der Waals surface area contributed by atoms with Gasteiger partial charge in [0.15, 0.2) is 11.4 Å². The lowest BCUT2D eigenvalue weighted by atomic mass is 10.2. The predicted octanol–water partition coefficient (Wildman–Crippen LogP) is 4.04. The third kappa shape index (κ3) is 3.68. The highest BCUT2D eigenvalue weighted by Crippen LogP contribution is 2.27. The van der Waals surface area contributed by atoms with Crippen LogP contribution < -0.4 is 10.1 Å². The highest BCUT2D eigenvalue weighted by atomic mass is 19.1. The number of hydrogen-bond donors (Lipinski definition) is 1. The average Bonchev–Trinajstić information content (AvgIpc) is 3.42. The molecule has 0 aliphatic heterocycles. The second-order valence-corrected chi connectivity index (χ2v) is 6.71. The molecule has 31 heavy (non-hydrogen) atoms. The SMILES string of the molecule is O=C(Nc1nnc2c3cc(F)ccc3n(CCOc3ccccc3)c2n1)c1ccco1. The van der Waals surface area contributed by atoms with Gasteiger partial charge in [-0.05, 0) is 42.5 Å². The van der Waals surface area contributed by atoms with Crippen LogP contribution in [0, 0.1) is 5.82 Å². The lowest BCUT2D eigenvalue weighted by Crippen LogP contribution is -2.15. The maximum absolute atomic E-state index is 13.9. The molecule has 0 bridgehead atoms. The van der Waals surface area contributed by atoms with E-state index >= 15 is 0 Å². The first kappa shape index (κ1) is 18.7. The lowest BCUT2D eigenvalue weighted by Gasteiger charge is -2.09. The van der Waals surface area contributed by atoms with E-state index in [1.165, 1.54) is 24.5 Å². The number of benzene rings is 2. The zero-order chi connectivity index (χ0) is 21.2. The molecule has 3 heterocycles. The molecular weight excluding hydrogens is 401 g/mol. The molecule has 5 rings (SSSR count). The third-order valence-corrected chi connectivity index (χ3v) is 4.73. The third-order valence-electron chi connectivity index (χ3n) is 4.73. The van der Waals surface area contributed by atoms with Crippen molar-refractivity contribution in [2.45, 2.75) is 6.54 Å². The summed E-state index contributed by atoms with van der Waals surface area (Å²) in [5.74, 6) is 0.00907. The van der Waals surface area contributed by atoms with Crippen LogP contribution in [0.4, 0.5) is 10.3 Å². The molecule has 154 valence electrons. The van der Waals surface area contributed by atoms with Gasteiger partial charge in [0.05, 0.1) is 18.3 Å². The van der Waals surface area contributed by atoms with Crippen molar-refractivity contribution >= 4 is 33.9 Å². The number of ether oxygens (including phenoxy) is 1. The zero-order valence-electron chi connectivity index (χ0n) is 16.2. The molecule has 1 amide bonds. The largest absolute Gasteiger partial charge is 0.492 e. The van der Waals surface area contributed by atoms with Crippen molar-refractivity contribution in [2.75, 3.05) is 11.9 Å². The van der Waals surface area contributed by atoms with Gasteiger partial charge in [-0.15, -0.1) is 10.2 Å². The minimum absolute atomic E-state index is 0.0161. The molecule has 0 aliphatic rings. The van der Waals surface area contributed by atoms with E-state index in [-0.39, 0.29) is 17.5 Å². The van der Waals surface area contributed by atoms with Gasteiger partial charge in [0, 0.05) is 5.39 Å². The number of hydrogen-bond acceptors (Lipinski definition) is 6. The molecule has 8 nitrogen and oxygen atoms in total. The molecule has 0 saturated carbocycles. The van der Waals surface area contributed by atoms with E-state index in [0.717, 1.165) is 11.3 Å². The topological polar surface area (TPSA) is 95.1 Å². The summed E-state index contributed by atoms with van der Waals surface area (Å²) < 4.78 is 26.6. The van der Waals surface area contributed by atoms with Crippen molar-refractivity contribution in [3.05, 3.63) is 78.5 Å². The molecule has 0 spiro atoms. The molecule has 0 unspecified atom stereocenters. The fourth-order valence-electron chi connectivity index (χ4n) is 3.35. The molecule has 3 aromatic heterocycles. The summed E-state index contributed by atoms with van der Waals surface area (Å²) in [4.78, 5) is 16.7. The summed E-state index contributed by atoms with van der Waals surface area (Å²) >= 11 is 0. The number of fused-ring (bicyclic) bond motifs is 3. The van der Waals surface area contributed by atoms with Crippen LogP contribution in [0.5, 0.6) is 5.75 Å². The van der Waals surface area contributed by atoms with E-state index in [1.807, 2.05) is 34.9 Å². The summed E-state index contributed by atoms with van der Waals surface area (Å²) in [7, 11) is 0. The Morgan fingerprint density at radius 2 is 1.97 bits per heavy atom. The van der Waals surface area contributed by atoms with Gasteiger partial charge in [-0.3, -0.25) is 10.1 Å². The smallest absolute Gasteiger partial charge is 0.293 e. The molecule has 1 N–H and O–H groups in total. The maximum atomic E-state index is 13.9. The number of carbonyl (C=O) groups excluding carboxylic acids is 1. The number of carbonyl (C=O) groups is 1. The van der Waals surface area contributed by atoms with Gasteiger partial charge in [-0.2, -0.15) is 4.98 Å². The Balaban J connectivity index is 1.50. The molecule has 2 aromatic carbocycles. The van der Waals surface area contributed by atoms with Crippen LogP contribution in [0.3, 0.4) is 0 Å². The Kier molecular flexibility index (Phi) is 4.75. The maximum Gasteiger partial charge on any atom is 0.293 e. The van der Waals surface area contributed by atoms with Crippen molar-refractivity contribution in [2.24, 2.45) is 0 Å². The molecular formula is C22H16FN5O3. The van der Waals surface area contributed by atoms with Crippen molar-refractivity contribution in [1.29, 1.82) is 0 Å². The number of nitrogens with one attached hydrogen (secondary N) is 1. The van der Waals surface area contributed by atoms with Crippen molar-refractivity contribution in [1.82, 2.24) is 19.7 Å². The standard InChI is InChI=1S/C22H16FN5O3/c23-14-8-9-17-16(13-14)19-20(28(17)10-12-30-15-5-2-1-3-6-15)24-22(27-26-19)25-21(29)18-7-4-11-31-18/h1-9,11,13H,10,12H2,(H,24,25,27,29).